The second kappa shape index (κ2) is 7.72. The third-order valence-corrected chi connectivity index (χ3v) is 5.28. The molecule has 1 fully saturated rings. The predicted octanol–water partition coefficient (Wildman–Crippen LogP) is 5.25. The SMILES string of the molecule is O=C1NC(=O)/C(=C\c2cc(Br)c(OCc3ccccc3F)c(Br)c2)S1. The summed E-state index contributed by atoms with van der Waals surface area (Å²) < 4.78 is 20.7. The Morgan fingerprint density at radius 3 is 2.44 bits per heavy atom. The maximum Gasteiger partial charge on any atom is 0.290 e. The smallest absolute Gasteiger partial charge is 0.290 e. The molecule has 0 aliphatic carbocycles. The molecule has 8 heteroatoms. The molecule has 0 saturated carbocycles. The van der Waals surface area contributed by atoms with E-state index in [-0.39, 0.29) is 17.7 Å². The average molecular weight is 487 g/mol. The van der Waals surface area contributed by atoms with Crippen molar-refractivity contribution < 1.29 is 18.7 Å². The summed E-state index contributed by atoms with van der Waals surface area (Å²) in [6, 6.07) is 9.91. The number of hydrogen-bond donors (Lipinski definition) is 1. The Labute approximate surface area is 164 Å². The van der Waals surface area contributed by atoms with E-state index in [2.05, 4.69) is 37.2 Å². The van der Waals surface area contributed by atoms with Gasteiger partial charge < -0.3 is 4.74 Å². The van der Waals surface area contributed by atoms with Gasteiger partial charge in [0.2, 0.25) is 0 Å². The van der Waals surface area contributed by atoms with Crippen molar-refractivity contribution in [1.82, 2.24) is 5.32 Å². The van der Waals surface area contributed by atoms with E-state index in [0.29, 0.717) is 30.7 Å². The number of carbonyl (C=O) groups is 2. The van der Waals surface area contributed by atoms with Crippen LogP contribution in [0.5, 0.6) is 5.75 Å². The Balaban J connectivity index is 1.81. The summed E-state index contributed by atoms with van der Waals surface area (Å²) in [5.41, 5.74) is 1.16. The molecule has 1 aliphatic heterocycles. The highest BCUT2D eigenvalue weighted by atomic mass is 79.9. The van der Waals surface area contributed by atoms with Gasteiger partial charge in [0.15, 0.2) is 0 Å². The van der Waals surface area contributed by atoms with Gasteiger partial charge in [-0.15, -0.1) is 0 Å². The molecule has 2 aromatic rings. The number of ether oxygens (including phenoxy) is 1. The highest BCUT2D eigenvalue weighted by Gasteiger charge is 2.25. The van der Waals surface area contributed by atoms with E-state index in [0.717, 1.165) is 11.8 Å². The molecule has 2 aromatic carbocycles. The summed E-state index contributed by atoms with van der Waals surface area (Å²) in [5, 5.41) is 1.82. The third kappa shape index (κ3) is 4.31. The van der Waals surface area contributed by atoms with Gasteiger partial charge in [-0.25, -0.2) is 4.39 Å². The van der Waals surface area contributed by atoms with Crippen molar-refractivity contribution in [2.45, 2.75) is 6.61 Å². The second-order valence-electron chi connectivity index (χ2n) is 5.05. The zero-order chi connectivity index (χ0) is 18.0. The minimum absolute atomic E-state index is 0.0804. The number of imide groups is 1. The summed E-state index contributed by atoms with van der Waals surface area (Å²) in [4.78, 5) is 23.1. The first-order valence-electron chi connectivity index (χ1n) is 7.04. The molecule has 0 unspecified atom stereocenters. The van der Waals surface area contributed by atoms with Crippen LogP contribution in [0, 0.1) is 5.82 Å². The van der Waals surface area contributed by atoms with E-state index in [1.165, 1.54) is 6.07 Å². The number of thioether (sulfide) groups is 1. The van der Waals surface area contributed by atoms with Crippen LogP contribution in [-0.2, 0) is 11.4 Å². The van der Waals surface area contributed by atoms with Crippen LogP contribution < -0.4 is 10.1 Å². The molecule has 4 nitrogen and oxygen atoms in total. The molecule has 0 aromatic heterocycles. The van der Waals surface area contributed by atoms with E-state index in [1.54, 1.807) is 36.4 Å². The van der Waals surface area contributed by atoms with Crippen LogP contribution in [0.15, 0.2) is 50.2 Å². The van der Waals surface area contributed by atoms with Crippen LogP contribution >= 0.6 is 43.6 Å². The molecule has 1 saturated heterocycles. The van der Waals surface area contributed by atoms with Crippen LogP contribution in [-0.4, -0.2) is 11.1 Å². The quantitative estimate of drug-likeness (QED) is 0.599. The van der Waals surface area contributed by atoms with Gasteiger partial charge in [-0.2, -0.15) is 0 Å². The van der Waals surface area contributed by atoms with Crippen LogP contribution in [0.3, 0.4) is 0 Å². The molecule has 1 heterocycles. The van der Waals surface area contributed by atoms with Crippen molar-refractivity contribution in [2.24, 2.45) is 0 Å². The van der Waals surface area contributed by atoms with Crippen molar-refractivity contribution >= 4 is 60.8 Å². The number of amides is 2. The van der Waals surface area contributed by atoms with Crippen LogP contribution in [0.1, 0.15) is 11.1 Å². The van der Waals surface area contributed by atoms with E-state index in [4.69, 9.17) is 4.74 Å². The fourth-order valence-electron chi connectivity index (χ4n) is 2.14. The largest absolute Gasteiger partial charge is 0.486 e. The highest BCUT2D eigenvalue weighted by molar-refractivity contribution is 9.11. The second-order valence-corrected chi connectivity index (χ2v) is 7.77. The van der Waals surface area contributed by atoms with Crippen LogP contribution in [0.4, 0.5) is 9.18 Å². The molecular weight excluding hydrogens is 477 g/mol. The summed E-state index contributed by atoms with van der Waals surface area (Å²) in [6.45, 7) is 0.0804. The van der Waals surface area contributed by atoms with Crippen molar-refractivity contribution in [2.75, 3.05) is 0 Å². The molecule has 0 bridgehead atoms. The Bertz CT molecular complexity index is 878. The molecule has 1 N–H and O–H groups in total. The molecule has 1 aliphatic rings. The Hall–Kier alpha value is -1.64. The number of benzene rings is 2. The molecular formula is C17H10Br2FNO3S. The number of carbonyl (C=O) groups excluding carboxylic acids is 2. The van der Waals surface area contributed by atoms with Gasteiger partial charge >= 0.3 is 0 Å². The monoisotopic (exact) mass is 485 g/mol. The predicted molar refractivity (Wildman–Crippen MR) is 102 cm³/mol. The van der Waals surface area contributed by atoms with Crippen molar-refractivity contribution in [3.8, 4) is 5.75 Å². The van der Waals surface area contributed by atoms with Gasteiger partial charge in [0, 0.05) is 5.56 Å². The minimum Gasteiger partial charge on any atom is -0.486 e. The van der Waals surface area contributed by atoms with Gasteiger partial charge in [0.25, 0.3) is 11.1 Å². The molecule has 128 valence electrons. The lowest BCUT2D eigenvalue weighted by Crippen LogP contribution is -2.17. The summed E-state index contributed by atoms with van der Waals surface area (Å²) in [7, 11) is 0. The topological polar surface area (TPSA) is 55.4 Å². The van der Waals surface area contributed by atoms with E-state index < -0.39 is 5.91 Å². The van der Waals surface area contributed by atoms with Crippen LogP contribution in [0.25, 0.3) is 6.08 Å². The van der Waals surface area contributed by atoms with E-state index >= 15 is 0 Å². The number of halogens is 3. The Morgan fingerprint density at radius 2 is 1.84 bits per heavy atom. The van der Waals surface area contributed by atoms with E-state index in [9.17, 15) is 14.0 Å². The van der Waals surface area contributed by atoms with Gasteiger partial charge in [0.05, 0.1) is 13.9 Å². The minimum atomic E-state index is -0.415. The number of nitrogens with one attached hydrogen (secondary N) is 1. The fourth-order valence-corrected chi connectivity index (χ4v) is 4.27. The Kier molecular flexibility index (Phi) is 5.61. The maximum atomic E-state index is 13.7. The average Bonchev–Trinajstić information content (AvgIpc) is 2.85. The molecule has 25 heavy (non-hydrogen) atoms. The molecule has 0 atom stereocenters. The van der Waals surface area contributed by atoms with Crippen molar-refractivity contribution in [3.63, 3.8) is 0 Å². The first-order valence-corrected chi connectivity index (χ1v) is 9.44. The lowest BCUT2D eigenvalue weighted by atomic mass is 10.2. The maximum absolute atomic E-state index is 13.7. The molecule has 0 radical (unpaired) electrons. The lowest BCUT2D eigenvalue weighted by Gasteiger charge is -2.12. The number of rotatable bonds is 4. The summed E-state index contributed by atoms with van der Waals surface area (Å²) >= 11 is 7.68. The molecule has 2 amide bonds. The standard InChI is InChI=1S/C17H10Br2FNO3S/c18-11-5-9(7-14-16(22)21-17(23)25-14)6-12(19)15(11)24-8-10-3-1-2-4-13(10)20/h1-7H,8H2,(H,21,22,23)/b14-7+. The summed E-state index contributed by atoms with van der Waals surface area (Å²) in [6.07, 6.45) is 1.61. The van der Waals surface area contributed by atoms with Crippen LogP contribution in [0.2, 0.25) is 0 Å². The lowest BCUT2D eigenvalue weighted by molar-refractivity contribution is -0.115. The van der Waals surface area contributed by atoms with Gasteiger partial charge in [-0.05, 0) is 73.5 Å². The summed E-state index contributed by atoms with van der Waals surface area (Å²) in [5.74, 6) is -0.225. The fraction of sp³-hybridized carbons (Fsp3) is 0.0588. The van der Waals surface area contributed by atoms with E-state index in [1.807, 2.05) is 0 Å². The Morgan fingerprint density at radius 1 is 1.16 bits per heavy atom. The molecule has 0 spiro atoms. The third-order valence-electron chi connectivity index (χ3n) is 3.29. The molecule has 3 rings (SSSR count). The first kappa shape index (κ1) is 18.2. The first-order chi connectivity index (χ1) is 11.9. The zero-order valence-corrected chi connectivity index (χ0v) is 16.5. The van der Waals surface area contributed by atoms with Gasteiger partial charge in [-0.3, -0.25) is 14.9 Å². The highest BCUT2D eigenvalue weighted by Crippen LogP contribution is 2.37. The van der Waals surface area contributed by atoms with Gasteiger partial charge in [0.1, 0.15) is 18.2 Å². The normalized spacial score (nSPS) is 15.6. The zero-order valence-electron chi connectivity index (χ0n) is 12.5. The van der Waals surface area contributed by atoms with Gasteiger partial charge in [-0.1, -0.05) is 18.2 Å². The van der Waals surface area contributed by atoms with Crippen molar-refractivity contribution in [1.29, 1.82) is 0 Å². The number of hydrogen-bond acceptors (Lipinski definition) is 4. The van der Waals surface area contributed by atoms with Crippen molar-refractivity contribution in [3.05, 3.63) is 67.2 Å².